The van der Waals surface area contributed by atoms with Gasteiger partial charge in [-0.15, -0.1) is 5.10 Å². The molecule has 0 aliphatic carbocycles. The summed E-state index contributed by atoms with van der Waals surface area (Å²) in [4.78, 5) is 7.44. The Hall–Kier alpha value is -2.84. The van der Waals surface area contributed by atoms with Crippen LogP contribution in [0.25, 0.3) is 5.78 Å². The van der Waals surface area contributed by atoms with Crippen molar-refractivity contribution in [3.05, 3.63) is 47.9 Å². The highest BCUT2D eigenvalue weighted by Gasteiger charge is 2.36. The molecular weight excluding hydrogens is 333 g/mol. The molecule has 132 valence electrons. The minimum absolute atomic E-state index is 0.0720. The van der Waals surface area contributed by atoms with Gasteiger partial charge in [0.25, 0.3) is 11.6 Å². The molecule has 25 heavy (non-hydrogen) atoms. The van der Waals surface area contributed by atoms with E-state index in [0.29, 0.717) is 18.1 Å². The van der Waals surface area contributed by atoms with E-state index in [1.54, 1.807) is 13.0 Å². The predicted molar refractivity (Wildman–Crippen MR) is 88.6 cm³/mol. The van der Waals surface area contributed by atoms with Crippen molar-refractivity contribution in [1.29, 1.82) is 0 Å². The van der Waals surface area contributed by atoms with Crippen LogP contribution in [-0.4, -0.2) is 32.7 Å². The molecule has 9 heteroatoms. The SMILES string of the molecule is Cc1cc(NCCCNc2ccccc2)n2nc(C(F)(F)F)nc2n1. The van der Waals surface area contributed by atoms with Gasteiger partial charge in [0.2, 0.25) is 0 Å². The van der Waals surface area contributed by atoms with E-state index in [-0.39, 0.29) is 5.78 Å². The van der Waals surface area contributed by atoms with Crippen molar-refractivity contribution in [3.8, 4) is 0 Å². The van der Waals surface area contributed by atoms with Gasteiger partial charge in [-0.2, -0.15) is 22.7 Å². The van der Waals surface area contributed by atoms with Crippen LogP contribution in [0.4, 0.5) is 24.7 Å². The first-order valence-corrected chi connectivity index (χ1v) is 7.78. The molecule has 0 bridgehead atoms. The number of aryl methyl sites for hydroxylation is 1. The van der Waals surface area contributed by atoms with Crippen LogP contribution in [0, 0.1) is 6.92 Å². The van der Waals surface area contributed by atoms with Crippen LogP contribution in [0.2, 0.25) is 0 Å². The number of aromatic nitrogens is 4. The van der Waals surface area contributed by atoms with Crippen LogP contribution in [0.3, 0.4) is 0 Å². The Morgan fingerprint density at radius 1 is 1.04 bits per heavy atom. The average Bonchev–Trinajstić information content (AvgIpc) is 2.99. The molecule has 2 heterocycles. The first-order chi connectivity index (χ1) is 11.9. The molecule has 0 saturated heterocycles. The van der Waals surface area contributed by atoms with E-state index in [9.17, 15) is 13.2 Å². The smallest absolute Gasteiger partial charge is 0.385 e. The van der Waals surface area contributed by atoms with Gasteiger partial charge in [-0.1, -0.05) is 18.2 Å². The largest absolute Gasteiger partial charge is 0.453 e. The van der Waals surface area contributed by atoms with Gasteiger partial charge in [0.1, 0.15) is 5.82 Å². The number of anilines is 2. The molecule has 0 spiro atoms. The highest BCUT2D eigenvalue weighted by atomic mass is 19.4. The lowest BCUT2D eigenvalue weighted by molar-refractivity contribution is -0.144. The van der Waals surface area contributed by atoms with E-state index >= 15 is 0 Å². The van der Waals surface area contributed by atoms with Crippen molar-refractivity contribution in [3.63, 3.8) is 0 Å². The normalized spacial score (nSPS) is 11.7. The van der Waals surface area contributed by atoms with Crippen LogP contribution < -0.4 is 10.6 Å². The Morgan fingerprint density at radius 3 is 2.48 bits per heavy atom. The lowest BCUT2D eigenvalue weighted by Crippen LogP contribution is -2.12. The molecule has 3 rings (SSSR count). The highest BCUT2D eigenvalue weighted by Crippen LogP contribution is 2.27. The van der Waals surface area contributed by atoms with Crippen LogP contribution in [0.1, 0.15) is 17.9 Å². The number of benzene rings is 1. The molecule has 0 aliphatic heterocycles. The standard InChI is InChI=1S/C16H17F3N6/c1-11-10-13(21-9-5-8-20-12-6-3-2-4-7-12)25-15(22-11)23-14(24-25)16(17,18)19/h2-4,6-7,10,20-21H,5,8-9H2,1H3. The summed E-state index contributed by atoms with van der Waals surface area (Å²) in [6, 6.07) is 11.4. The number of para-hydroxylation sites is 1. The Labute approximate surface area is 142 Å². The number of alkyl halides is 3. The fourth-order valence-corrected chi connectivity index (χ4v) is 2.33. The highest BCUT2D eigenvalue weighted by molar-refractivity contribution is 5.45. The predicted octanol–water partition coefficient (Wildman–Crippen LogP) is 3.37. The Bertz CT molecular complexity index is 844. The van der Waals surface area contributed by atoms with Gasteiger partial charge in [-0.05, 0) is 25.5 Å². The monoisotopic (exact) mass is 350 g/mol. The molecule has 0 saturated carbocycles. The molecule has 2 aromatic heterocycles. The van der Waals surface area contributed by atoms with E-state index < -0.39 is 12.0 Å². The third-order valence-electron chi connectivity index (χ3n) is 3.46. The molecule has 2 N–H and O–H groups in total. The summed E-state index contributed by atoms with van der Waals surface area (Å²) in [5.74, 6) is -0.832. The van der Waals surface area contributed by atoms with Crippen molar-refractivity contribution >= 4 is 17.3 Å². The van der Waals surface area contributed by atoms with Gasteiger partial charge in [-0.3, -0.25) is 0 Å². The van der Waals surface area contributed by atoms with Crippen LogP contribution >= 0.6 is 0 Å². The summed E-state index contributed by atoms with van der Waals surface area (Å²) in [5, 5.41) is 9.87. The van der Waals surface area contributed by atoms with Crippen molar-refractivity contribution in [2.75, 3.05) is 23.7 Å². The summed E-state index contributed by atoms with van der Waals surface area (Å²) < 4.78 is 39.4. The molecule has 0 amide bonds. The number of rotatable bonds is 6. The second-order valence-corrected chi connectivity index (χ2v) is 5.50. The Morgan fingerprint density at radius 2 is 1.76 bits per heavy atom. The summed E-state index contributed by atoms with van der Waals surface area (Å²) in [6.07, 6.45) is -3.82. The second kappa shape index (κ2) is 6.96. The zero-order valence-corrected chi connectivity index (χ0v) is 13.5. The maximum atomic E-state index is 12.8. The molecule has 0 fully saturated rings. The zero-order chi connectivity index (χ0) is 17.9. The number of nitrogens with one attached hydrogen (secondary N) is 2. The molecule has 1 aromatic carbocycles. The van der Waals surface area contributed by atoms with E-state index in [4.69, 9.17) is 0 Å². The van der Waals surface area contributed by atoms with E-state index in [1.165, 1.54) is 0 Å². The third kappa shape index (κ3) is 4.17. The molecule has 6 nitrogen and oxygen atoms in total. The summed E-state index contributed by atoms with van der Waals surface area (Å²) in [6.45, 7) is 3.00. The number of halogens is 3. The molecule has 0 unspecified atom stereocenters. The first-order valence-electron chi connectivity index (χ1n) is 7.78. The lowest BCUT2D eigenvalue weighted by atomic mass is 10.3. The summed E-state index contributed by atoms with van der Waals surface area (Å²) in [5.41, 5.74) is 1.59. The third-order valence-corrected chi connectivity index (χ3v) is 3.46. The fourth-order valence-electron chi connectivity index (χ4n) is 2.33. The topological polar surface area (TPSA) is 67.1 Å². The van der Waals surface area contributed by atoms with Gasteiger partial charge in [0.05, 0.1) is 0 Å². The maximum Gasteiger partial charge on any atom is 0.453 e. The molecule has 0 atom stereocenters. The minimum Gasteiger partial charge on any atom is -0.385 e. The van der Waals surface area contributed by atoms with Crippen LogP contribution in [-0.2, 0) is 6.18 Å². The van der Waals surface area contributed by atoms with Crippen molar-refractivity contribution in [2.24, 2.45) is 0 Å². The Kier molecular flexibility index (Phi) is 4.73. The number of hydrogen-bond donors (Lipinski definition) is 2. The number of hydrogen-bond acceptors (Lipinski definition) is 5. The van der Waals surface area contributed by atoms with Crippen molar-refractivity contribution < 1.29 is 13.2 Å². The minimum atomic E-state index is -4.60. The van der Waals surface area contributed by atoms with E-state index in [1.807, 2.05) is 30.3 Å². The van der Waals surface area contributed by atoms with Gasteiger partial charge >= 0.3 is 6.18 Å². The zero-order valence-electron chi connectivity index (χ0n) is 13.5. The fraction of sp³-hybridized carbons (Fsp3) is 0.312. The first kappa shape index (κ1) is 17.0. The van der Waals surface area contributed by atoms with Gasteiger partial charge < -0.3 is 10.6 Å². The van der Waals surface area contributed by atoms with Gasteiger partial charge in [-0.25, -0.2) is 4.98 Å². The van der Waals surface area contributed by atoms with Crippen molar-refractivity contribution in [1.82, 2.24) is 19.6 Å². The second-order valence-electron chi connectivity index (χ2n) is 5.50. The number of nitrogens with zero attached hydrogens (tertiary/aromatic N) is 4. The summed E-state index contributed by atoms with van der Waals surface area (Å²) in [7, 11) is 0. The molecule has 0 aliphatic rings. The van der Waals surface area contributed by atoms with Crippen molar-refractivity contribution in [2.45, 2.75) is 19.5 Å². The lowest BCUT2D eigenvalue weighted by Gasteiger charge is -2.09. The molecular formula is C16H17F3N6. The van der Waals surface area contributed by atoms with E-state index in [2.05, 4.69) is 25.7 Å². The molecule has 0 radical (unpaired) electrons. The van der Waals surface area contributed by atoms with Gasteiger partial charge in [0.15, 0.2) is 0 Å². The number of fused-ring (bicyclic) bond motifs is 1. The van der Waals surface area contributed by atoms with Gasteiger partial charge in [0, 0.05) is 30.5 Å². The van der Waals surface area contributed by atoms with E-state index in [0.717, 1.165) is 23.2 Å². The maximum absolute atomic E-state index is 12.8. The molecule has 3 aromatic rings. The average molecular weight is 350 g/mol. The van der Waals surface area contributed by atoms with Crippen LogP contribution in [0.15, 0.2) is 36.4 Å². The van der Waals surface area contributed by atoms with Crippen LogP contribution in [0.5, 0.6) is 0 Å². The Balaban J connectivity index is 1.63. The quantitative estimate of drug-likeness (QED) is 0.667. The summed E-state index contributed by atoms with van der Waals surface area (Å²) >= 11 is 0.